The van der Waals surface area contributed by atoms with Crippen LogP contribution in [0.1, 0.15) is 16.2 Å². The third kappa shape index (κ3) is 2.51. The largest absolute Gasteiger partial charge is 0.343 e. The maximum atomic E-state index is 11.8. The van der Waals surface area contributed by atoms with Crippen LogP contribution in [0.3, 0.4) is 0 Å². The minimum Gasteiger partial charge on any atom is -0.319 e. The van der Waals surface area contributed by atoms with Gasteiger partial charge in [0.1, 0.15) is 0 Å². The summed E-state index contributed by atoms with van der Waals surface area (Å²) in [7, 11) is 1.47. The molecule has 0 aliphatic rings. The van der Waals surface area contributed by atoms with E-state index >= 15 is 0 Å². The van der Waals surface area contributed by atoms with E-state index in [9.17, 15) is 9.59 Å². The van der Waals surface area contributed by atoms with E-state index in [1.54, 1.807) is 6.07 Å². The monoisotopic (exact) mass is 310 g/mol. The summed E-state index contributed by atoms with van der Waals surface area (Å²) in [6.07, 6.45) is 0. The summed E-state index contributed by atoms with van der Waals surface area (Å²) >= 11 is 3.38. The smallest absolute Gasteiger partial charge is 0.319 e. The molecule has 0 aliphatic carbocycles. The van der Waals surface area contributed by atoms with E-state index in [2.05, 4.69) is 31.3 Å². The number of hydrogen-bond donors (Lipinski definition) is 2. The molecule has 94 valence electrons. The van der Waals surface area contributed by atoms with Gasteiger partial charge >= 0.3 is 5.69 Å². The van der Waals surface area contributed by atoms with Crippen LogP contribution in [-0.2, 0) is 7.05 Å². The SMILES string of the molecule is Cc1cc(NC(=O)c2nn(C)c(=O)[nH]2)ccc1Br. The molecule has 0 aliphatic heterocycles. The van der Waals surface area contributed by atoms with Crippen molar-refractivity contribution in [2.75, 3.05) is 5.32 Å². The lowest BCUT2D eigenvalue weighted by atomic mass is 10.2. The number of benzene rings is 1. The number of anilines is 1. The first-order chi connectivity index (χ1) is 8.47. The van der Waals surface area contributed by atoms with Crippen molar-refractivity contribution in [2.45, 2.75) is 6.92 Å². The first kappa shape index (κ1) is 12.6. The number of nitrogens with zero attached hydrogens (tertiary/aromatic N) is 2. The lowest BCUT2D eigenvalue weighted by molar-refractivity contribution is 0.101. The molecular formula is C11H11BrN4O2. The number of amides is 1. The van der Waals surface area contributed by atoms with Crippen LogP contribution < -0.4 is 11.0 Å². The number of carbonyl (C=O) groups is 1. The van der Waals surface area contributed by atoms with Gasteiger partial charge in [0.15, 0.2) is 0 Å². The van der Waals surface area contributed by atoms with Gasteiger partial charge in [-0.25, -0.2) is 9.48 Å². The second-order valence-corrected chi connectivity index (χ2v) is 4.67. The second-order valence-electron chi connectivity index (χ2n) is 3.82. The molecule has 0 radical (unpaired) electrons. The Morgan fingerprint density at radius 2 is 2.22 bits per heavy atom. The highest BCUT2D eigenvalue weighted by atomic mass is 79.9. The first-order valence-corrected chi connectivity index (χ1v) is 5.97. The Hall–Kier alpha value is -1.89. The van der Waals surface area contributed by atoms with Crippen molar-refractivity contribution in [1.29, 1.82) is 0 Å². The molecule has 0 atom stereocenters. The zero-order chi connectivity index (χ0) is 13.3. The fourth-order valence-corrected chi connectivity index (χ4v) is 1.66. The van der Waals surface area contributed by atoms with Gasteiger partial charge in [-0.2, -0.15) is 0 Å². The van der Waals surface area contributed by atoms with Gasteiger partial charge in [-0.1, -0.05) is 15.9 Å². The zero-order valence-corrected chi connectivity index (χ0v) is 11.4. The van der Waals surface area contributed by atoms with Crippen molar-refractivity contribution in [1.82, 2.24) is 14.8 Å². The Morgan fingerprint density at radius 3 is 2.78 bits per heavy atom. The topological polar surface area (TPSA) is 79.8 Å². The summed E-state index contributed by atoms with van der Waals surface area (Å²) in [5, 5.41) is 6.43. The molecule has 1 heterocycles. The molecule has 1 aromatic heterocycles. The summed E-state index contributed by atoms with van der Waals surface area (Å²) in [6, 6.07) is 5.42. The highest BCUT2D eigenvalue weighted by molar-refractivity contribution is 9.10. The number of hydrogen-bond acceptors (Lipinski definition) is 3. The number of aryl methyl sites for hydroxylation is 2. The average molecular weight is 311 g/mol. The predicted octanol–water partition coefficient (Wildman–Crippen LogP) is 1.43. The standard InChI is InChI=1S/C11H11BrN4O2/c1-6-5-7(3-4-8(6)12)13-10(17)9-14-11(18)16(2)15-9/h3-5H,1-2H3,(H,13,17)(H,14,15,18). The van der Waals surface area contributed by atoms with Crippen LogP contribution in [0, 0.1) is 6.92 Å². The Bertz CT molecular complexity index is 659. The number of aromatic amines is 1. The normalized spacial score (nSPS) is 10.4. The lowest BCUT2D eigenvalue weighted by Crippen LogP contribution is -2.15. The fraction of sp³-hybridized carbons (Fsp3) is 0.182. The van der Waals surface area contributed by atoms with E-state index in [0.29, 0.717) is 5.69 Å². The van der Waals surface area contributed by atoms with Crippen LogP contribution in [0.4, 0.5) is 5.69 Å². The van der Waals surface area contributed by atoms with Gasteiger partial charge in [0.25, 0.3) is 5.91 Å². The molecule has 6 nitrogen and oxygen atoms in total. The van der Waals surface area contributed by atoms with Crippen LogP contribution in [-0.4, -0.2) is 20.7 Å². The summed E-state index contributed by atoms with van der Waals surface area (Å²) in [6.45, 7) is 1.92. The molecule has 0 saturated carbocycles. The van der Waals surface area contributed by atoms with Crippen molar-refractivity contribution in [3.8, 4) is 0 Å². The lowest BCUT2D eigenvalue weighted by Gasteiger charge is -2.05. The minimum absolute atomic E-state index is 0.0110. The van der Waals surface area contributed by atoms with Crippen molar-refractivity contribution in [2.24, 2.45) is 7.05 Å². The average Bonchev–Trinajstić information content (AvgIpc) is 2.65. The Labute approximate surface area is 111 Å². The first-order valence-electron chi connectivity index (χ1n) is 5.18. The number of rotatable bonds is 2. The fourth-order valence-electron chi connectivity index (χ4n) is 1.42. The summed E-state index contributed by atoms with van der Waals surface area (Å²) in [5.74, 6) is -0.461. The Balaban J connectivity index is 2.21. The Kier molecular flexibility index (Phi) is 3.33. The van der Waals surface area contributed by atoms with Crippen LogP contribution in [0.25, 0.3) is 0 Å². The number of halogens is 1. The minimum atomic E-state index is -0.450. The van der Waals surface area contributed by atoms with E-state index in [0.717, 1.165) is 14.7 Å². The van der Waals surface area contributed by atoms with E-state index < -0.39 is 11.6 Å². The molecule has 18 heavy (non-hydrogen) atoms. The van der Waals surface area contributed by atoms with Crippen LogP contribution in [0.15, 0.2) is 27.5 Å². The summed E-state index contributed by atoms with van der Waals surface area (Å²) in [4.78, 5) is 25.3. The van der Waals surface area contributed by atoms with Gasteiger partial charge in [-0.3, -0.25) is 9.78 Å². The van der Waals surface area contributed by atoms with Gasteiger partial charge in [0, 0.05) is 17.2 Å². The van der Waals surface area contributed by atoms with Crippen molar-refractivity contribution in [3.63, 3.8) is 0 Å². The molecule has 0 saturated heterocycles. The van der Waals surface area contributed by atoms with Gasteiger partial charge in [0.2, 0.25) is 5.82 Å². The molecular weight excluding hydrogens is 300 g/mol. The number of carbonyl (C=O) groups excluding carboxylic acids is 1. The molecule has 0 unspecified atom stereocenters. The van der Waals surface area contributed by atoms with E-state index in [-0.39, 0.29) is 5.82 Å². The molecule has 2 N–H and O–H groups in total. The third-order valence-electron chi connectivity index (χ3n) is 2.40. The number of aromatic nitrogens is 3. The molecule has 0 spiro atoms. The van der Waals surface area contributed by atoms with E-state index in [1.165, 1.54) is 7.05 Å². The summed E-state index contributed by atoms with van der Waals surface area (Å²) < 4.78 is 2.04. The van der Waals surface area contributed by atoms with Gasteiger partial charge in [-0.05, 0) is 30.7 Å². The quantitative estimate of drug-likeness (QED) is 0.880. The molecule has 1 amide bonds. The second kappa shape index (κ2) is 4.77. The predicted molar refractivity (Wildman–Crippen MR) is 70.7 cm³/mol. The van der Waals surface area contributed by atoms with Gasteiger partial charge in [-0.15, -0.1) is 5.10 Å². The van der Waals surface area contributed by atoms with E-state index in [4.69, 9.17) is 0 Å². The molecule has 0 bridgehead atoms. The highest BCUT2D eigenvalue weighted by Gasteiger charge is 2.12. The zero-order valence-electron chi connectivity index (χ0n) is 9.82. The van der Waals surface area contributed by atoms with E-state index in [1.807, 2.05) is 19.1 Å². The number of nitrogens with one attached hydrogen (secondary N) is 2. The van der Waals surface area contributed by atoms with Gasteiger partial charge < -0.3 is 5.32 Å². The number of H-pyrrole nitrogens is 1. The maximum absolute atomic E-state index is 11.8. The molecule has 2 aromatic rings. The molecule has 2 rings (SSSR count). The van der Waals surface area contributed by atoms with Crippen LogP contribution >= 0.6 is 15.9 Å². The third-order valence-corrected chi connectivity index (χ3v) is 3.29. The molecule has 0 fully saturated rings. The summed E-state index contributed by atoms with van der Waals surface area (Å²) in [5.41, 5.74) is 1.22. The maximum Gasteiger partial charge on any atom is 0.343 e. The van der Waals surface area contributed by atoms with Crippen molar-refractivity contribution in [3.05, 3.63) is 44.5 Å². The van der Waals surface area contributed by atoms with Crippen LogP contribution in [0.2, 0.25) is 0 Å². The molecule has 7 heteroatoms. The van der Waals surface area contributed by atoms with Crippen molar-refractivity contribution >= 4 is 27.5 Å². The highest BCUT2D eigenvalue weighted by Crippen LogP contribution is 2.20. The molecule has 1 aromatic carbocycles. The van der Waals surface area contributed by atoms with Crippen molar-refractivity contribution < 1.29 is 4.79 Å². The van der Waals surface area contributed by atoms with Gasteiger partial charge in [0.05, 0.1) is 0 Å². The Morgan fingerprint density at radius 1 is 1.50 bits per heavy atom. The van der Waals surface area contributed by atoms with Crippen LogP contribution in [0.5, 0.6) is 0 Å².